The van der Waals surface area contributed by atoms with Crippen molar-refractivity contribution >= 4 is 52.0 Å². The number of thiazole rings is 1. The number of amides is 1. The second kappa shape index (κ2) is 8.58. The van der Waals surface area contributed by atoms with Crippen molar-refractivity contribution in [1.29, 1.82) is 0 Å². The summed E-state index contributed by atoms with van der Waals surface area (Å²) in [4.78, 5) is 18.7. The van der Waals surface area contributed by atoms with Crippen molar-refractivity contribution in [2.75, 3.05) is 30.1 Å². The van der Waals surface area contributed by atoms with E-state index >= 15 is 0 Å². The largest absolute Gasteiger partial charge is 0.378 e. The molecule has 134 valence electrons. The number of hydrogen-bond donors (Lipinski definition) is 1. The lowest BCUT2D eigenvalue weighted by atomic mass is 10.2. The van der Waals surface area contributed by atoms with Crippen LogP contribution in [-0.2, 0) is 4.79 Å². The van der Waals surface area contributed by atoms with E-state index < -0.39 is 0 Å². The lowest BCUT2D eigenvalue weighted by Crippen LogP contribution is -2.14. The Morgan fingerprint density at radius 2 is 1.85 bits per heavy atom. The molecule has 26 heavy (non-hydrogen) atoms. The van der Waals surface area contributed by atoms with Crippen LogP contribution in [0.25, 0.3) is 11.3 Å². The number of aromatic nitrogens is 1. The van der Waals surface area contributed by atoms with Gasteiger partial charge in [-0.1, -0.05) is 35.5 Å². The molecule has 0 radical (unpaired) electrons. The van der Waals surface area contributed by atoms with Crippen molar-refractivity contribution in [3.05, 3.63) is 58.9 Å². The fourth-order valence-corrected chi connectivity index (χ4v) is 4.01. The molecule has 0 aliphatic carbocycles. The van der Waals surface area contributed by atoms with Crippen LogP contribution in [0.2, 0.25) is 5.02 Å². The third-order valence-corrected chi connectivity index (χ3v) is 5.89. The fourth-order valence-electron chi connectivity index (χ4n) is 2.24. The van der Waals surface area contributed by atoms with E-state index in [0.29, 0.717) is 10.8 Å². The van der Waals surface area contributed by atoms with Crippen molar-refractivity contribution in [3.8, 4) is 11.3 Å². The van der Waals surface area contributed by atoms with Gasteiger partial charge in [-0.05, 0) is 36.4 Å². The Morgan fingerprint density at radius 3 is 2.50 bits per heavy atom. The van der Waals surface area contributed by atoms with Crippen molar-refractivity contribution in [2.24, 2.45) is 0 Å². The summed E-state index contributed by atoms with van der Waals surface area (Å²) in [5, 5.41) is 5.60. The molecule has 1 amide bonds. The molecule has 0 saturated heterocycles. The molecule has 0 atom stereocenters. The summed E-state index contributed by atoms with van der Waals surface area (Å²) in [6.07, 6.45) is 0. The van der Waals surface area contributed by atoms with Gasteiger partial charge in [0.25, 0.3) is 0 Å². The third kappa shape index (κ3) is 5.00. The normalized spacial score (nSPS) is 10.6. The Bertz CT molecular complexity index is 877. The monoisotopic (exact) mass is 403 g/mol. The molecule has 1 aromatic heterocycles. The molecule has 2 aromatic carbocycles. The van der Waals surface area contributed by atoms with Crippen LogP contribution in [0.4, 0.5) is 11.4 Å². The Balaban J connectivity index is 1.54. The molecule has 3 rings (SSSR count). The smallest absolute Gasteiger partial charge is 0.234 e. The van der Waals surface area contributed by atoms with E-state index in [2.05, 4.69) is 10.3 Å². The predicted octanol–water partition coefficient (Wildman–Crippen LogP) is 5.26. The molecule has 3 aromatic rings. The predicted molar refractivity (Wildman–Crippen MR) is 113 cm³/mol. The average molecular weight is 404 g/mol. The van der Waals surface area contributed by atoms with Crippen LogP contribution in [0.15, 0.2) is 58.3 Å². The average Bonchev–Trinajstić information content (AvgIpc) is 3.10. The number of thioether (sulfide) groups is 1. The summed E-state index contributed by atoms with van der Waals surface area (Å²) in [6, 6.07) is 15.3. The first kappa shape index (κ1) is 18.8. The van der Waals surface area contributed by atoms with Gasteiger partial charge in [-0.15, -0.1) is 11.3 Å². The van der Waals surface area contributed by atoms with Gasteiger partial charge in [0.1, 0.15) is 0 Å². The van der Waals surface area contributed by atoms with Crippen LogP contribution < -0.4 is 10.2 Å². The summed E-state index contributed by atoms with van der Waals surface area (Å²) in [5.74, 6) is 0.277. The van der Waals surface area contributed by atoms with Gasteiger partial charge in [0, 0.05) is 41.4 Å². The van der Waals surface area contributed by atoms with E-state index in [4.69, 9.17) is 11.6 Å². The molecule has 0 fully saturated rings. The Hall–Kier alpha value is -2.02. The van der Waals surface area contributed by atoms with Crippen molar-refractivity contribution < 1.29 is 4.79 Å². The summed E-state index contributed by atoms with van der Waals surface area (Å²) in [5.41, 5.74) is 3.80. The van der Waals surface area contributed by atoms with Gasteiger partial charge in [0.05, 0.1) is 11.4 Å². The Kier molecular flexibility index (Phi) is 6.19. The van der Waals surface area contributed by atoms with Crippen LogP contribution in [-0.4, -0.2) is 30.7 Å². The highest BCUT2D eigenvalue weighted by molar-refractivity contribution is 8.01. The summed E-state index contributed by atoms with van der Waals surface area (Å²) in [6.45, 7) is 0. The van der Waals surface area contributed by atoms with E-state index in [9.17, 15) is 4.79 Å². The maximum absolute atomic E-state index is 12.1. The molecular weight excluding hydrogens is 386 g/mol. The van der Waals surface area contributed by atoms with E-state index in [-0.39, 0.29) is 5.91 Å². The number of carbonyl (C=O) groups excluding carboxylic acids is 1. The molecule has 0 bridgehead atoms. The molecule has 0 aliphatic rings. The van der Waals surface area contributed by atoms with Gasteiger partial charge in [0.2, 0.25) is 5.91 Å². The summed E-state index contributed by atoms with van der Waals surface area (Å²) >= 11 is 8.88. The lowest BCUT2D eigenvalue weighted by molar-refractivity contribution is -0.113. The van der Waals surface area contributed by atoms with Crippen LogP contribution in [0.3, 0.4) is 0 Å². The zero-order valence-electron chi connectivity index (χ0n) is 14.4. The third-order valence-electron chi connectivity index (χ3n) is 3.62. The quantitative estimate of drug-likeness (QED) is 0.570. The molecular formula is C19H18ClN3OS2. The van der Waals surface area contributed by atoms with Crippen LogP contribution in [0.1, 0.15) is 0 Å². The minimum absolute atomic E-state index is 0.0455. The van der Waals surface area contributed by atoms with Crippen LogP contribution in [0, 0.1) is 0 Å². The molecule has 7 heteroatoms. The molecule has 0 saturated carbocycles. The molecule has 0 aliphatic heterocycles. The van der Waals surface area contributed by atoms with E-state index in [0.717, 1.165) is 27.0 Å². The summed E-state index contributed by atoms with van der Waals surface area (Å²) < 4.78 is 0.869. The molecule has 4 nitrogen and oxygen atoms in total. The van der Waals surface area contributed by atoms with Gasteiger partial charge >= 0.3 is 0 Å². The zero-order chi connectivity index (χ0) is 18.5. The van der Waals surface area contributed by atoms with E-state index in [1.54, 1.807) is 0 Å². The topological polar surface area (TPSA) is 45.2 Å². The highest BCUT2D eigenvalue weighted by Gasteiger charge is 2.09. The minimum Gasteiger partial charge on any atom is -0.378 e. The van der Waals surface area contributed by atoms with Gasteiger partial charge in [0.15, 0.2) is 4.34 Å². The maximum atomic E-state index is 12.1. The molecule has 0 unspecified atom stereocenters. The van der Waals surface area contributed by atoms with Crippen molar-refractivity contribution in [2.45, 2.75) is 4.34 Å². The van der Waals surface area contributed by atoms with E-state index in [1.165, 1.54) is 23.1 Å². The van der Waals surface area contributed by atoms with Gasteiger partial charge in [-0.25, -0.2) is 4.98 Å². The van der Waals surface area contributed by atoms with Crippen molar-refractivity contribution in [1.82, 2.24) is 4.98 Å². The number of nitrogens with one attached hydrogen (secondary N) is 1. The number of nitrogens with zero attached hydrogens (tertiary/aromatic N) is 2. The fraction of sp³-hybridized carbons (Fsp3) is 0.158. The Morgan fingerprint density at radius 1 is 1.15 bits per heavy atom. The summed E-state index contributed by atoms with van der Waals surface area (Å²) in [7, 11) is 3.97. The number of hydrogen-bond acceptors (Lipinski definition) is 5. The number of rotatable bonds is 6. The number of benzene rings is 2. The first-order chi connectivity index (χ1) is 12.5. The standard InChI is InChI=1S/C19H18ClN3OS2/c1-23(2)16-9-7-15(8-10-16)21-18(24)12-26-19-22-17(11-25-19)13-3-5-14(20)6-4-13/h3-11H,12H2,1-2H3,(H,21,24). The number of anilines is 2. The van der Waals surface area contributed by atoms with Crippen LogP contribution >= 0.6 is 34.7 Å². The highest BCUT2D eigenvalue weighted by atomic mass is 35.5. The maximum Gasteiger partial charge on any atom is 0.234 e. The first-order valence-electron chi connectivity index (χ1n) is 7.93. The SMILES string of the molecule is CN(C)c1ccc(NC(=O)CSc2nc(-c3ccc(Cl)cc3)cs2)cc1. The highest BCUT2D eigenvalue weighted by Crippen LogP contribution is 2.29. The number of carbonyl (C=O) groups is 1. The Labute approximate surface area is 166 Å². The second-order valence-electron chi connectivity index (χ2n) is 5.78. The first-order valence-corrected chi connectivity index (χ1v) is 10.2. The number of halogens is 1. The van der Waals surface area contributed by atoms with Crippen molar-refractivity contribution in [3.63, 3.8) is 0 Å². The van der Waals surface area contributed by atoms with Crippen LogP contribution in [0.5, 0.6) is 0 Å². The van der Waals surface area contributed by atoms with Gasteiger partial charge in [-0.2, -0.15) is 0 Å². The second-order valence-corrected chi connectivity index (χ2v) is 8.30. The minimum atomic E-state index is -0.0455. The molecule has 1 heterocycles. The van der Waals surface area contributed by atoms with Gasteiger partial charge in [-0.3, -0.25) is 4.79 Å². The van der Waals surface area contributed by atoms with E-state index in [1.807, 2.05) is 72.9 Å². The molecule has 0 spiro atoms. The lowest BCUT2D eigenvalue weighted by Gasteiger charge is -2.12. The van der Waals surface area contributed by atoms with Gasteiger partial charge < -0.3 is 10.2 Å². The zero-order valence-corrected chi connectivity index (χ0v) is 16.8. The molecule has 1 N–H and O–H groups in total.